The molecule has 1 atom stereocenters. The van der Waals surface area contributed by atoms with Crippen molar-refractivity contribution < 1.29 is 14.3 Å². The van der Waals surface area contributed by atoms with E-state index in [0.717, 1.165) is 28.5 Å². The molecule has 0 saturated carbocycles. The third-order valence-corrected chi connectivity index (χ3v) is 5.07. The quantitative estimate of drug-likeness (QED) is 0.535. The number of esters is 1. The van der Waals surface area contributed by atoms with Crippen molar-refractivity contribution in [1.82, 2.24) is 9.88 Å². The molecule has 27 heavy (non-hydrogen) atoms. The second kappa shape index (κ2) is 9.29. The van der Waals surface area contributed by atoms with Crippen LogP contribution in [-0.2, 0) is 11.3 Å². The van der Waals surface area contributed by atoms with Gasteiger partial charge in [-0.05, 0) is 61.8 Å². The Morgan fingerprint density at radius 3 is 2.33 bits per heavy atom. The van der Waals surface area contributed by atoms with Crippen molar-refractivity contribution in [2.75, 3.05) is 14.2 Å². The molecule has 146 valence electrons. The molecular formula is C21H29N2O3P. The van der Waals surface area contributed by atoms with Gasteiger partial charge >= 0.3 is 5.97 Å². The molecule has 0 aliphatic rings. The number of ether oxygens (including phenoxy) is 2. The molecule has 0 bridgehead atoms. The van der Waals surface area contributed by atoms with E-state index in [1.165, 1.54) is 7.11 Å². The number of hydrogen-bond acceptors (Lipinski definition) is 5. The number of aromatic nitrogens is 1. The number of pyridine rings is 1. The van der Waals surface area contributed by atoms with Crippen molar-refractivity contribution in [2.24, 2.45) is 0 Å². The molecule has 1 aromatic carbocycles. The number of nitrogens with zero attached hydrogens (tertiary/aromatic N) is 2. The van der Waals surface area contributed by atoms with Crippen molar-refractivity contribution >= 4 is 20.5 Å². The molecular weight excluding hydrogens is 359 g/mol. The highest BCUT2D eigenvalue weighted by molar-refractivity contribution is 7.27. The monoisotopic (exact) mass is 388 g/mol. The van der Waals surface area contributed by atoms with Crippen LogP contribution >= 0.6 is 9.24 Å². The largest absolute Gasteiger partial charge is 0.481 e. The summed E-state index contributed by atoms with van der Waals surface area (Å²) in [7, 11) is 5.73. The lowest BCUT2D eigenvalue weighted by Gasteiger charge is -2.31. The fourth-order valence-corrected chi connectivity index (χ4v) is 3.50. The Kier molecular flexibility index (Phi) is 7.34. The van der Waals surface area contributed by atoms with Crippen LogP contribution in [0.1, 0.15) is 43.6 Å². The molecule has 0 aliphatic carbocycles. The molecule has 1 heterocycles. The summed E-state index contributed by atoms with van der Waals surface area (Å²) in [5.41, 5.74) is 3.69. The minimum Gasteiger partial charge on any atom is -0.481 e. The SMILES string of the molecule is COC(=O)c1ccc(-c2cc(OC)ncc2P)c(CN(C(C)C)C(C)C)c1. The minimum absolute atomic E-state index is 0.332. The first-order valence-electron chi connectivity index (χ1n) is 9.05. The number of hydrogen-bond donors (Lipinski definition) is 0. The van der Waals surface area contributed by atoms with Crippen molar-refractivity contribution in [3.05, 3.63) is 41.6 Å². The van der Waals surface area contributed by atoms with Crippen LogP contribution in [0.4, 0.5) is 0 Å². The summed E-state index contributed by atoms with van der Waals surface area (Å²) in [5.74, 6) is 0.227. The van der Waals surface area contributed by atoms with Crippen LogP contribution in [0.15, 0.2) is 30.5 Å². The maximum Gasteiger partial charge on any atom is 0.337 e. The lowest BCUT2D eigenvalue weighted by atomic mass is 9.96. The molecule has 0 aliphatic heterocycles. The van der Waals surface area contributed by atoms with Gasteiger partial charge < -0.3 is 9.47 Å². The molecule has 0 saturated heterocycles. The summed E-state index contributed by atoms with van der Waals surface area (Å²) in [4.78, 5) is 18.7. The van der Waals surface area contributed by atoms with E-state index < -0.39 is 0 Å². The van der Waals surface area contributed by atoms with Gasteiger partial charge in [-0.2, -0.15) is 0 Å². The van der Waals surface area contributed by atoms with Crippen LogP contribution in [0.5, 0.6) is 5.88 Å². The highest BCUT2D eigenvalue weighted by Gasteiger charge is 2.19. The summed E-state index contributed by atoms with van der Waals surface area (Å²) in [6, 6.07) is 8.38. The molecule has 2 aromatic rings. The second-order valence-corrected chi connectivity index (χ2v) is 7.66. The third-order valence-electron chi connectivity index (χ3n) is 4.61. The molecule has 0 fully saturated rings. The van der Waals surface area contributed by atoms with Gasteiger partial charge in [0.2, 0.25) is 5.88 Å². The fraction of sp³-hybridized carbons (Fsp3) is 0.429. The molecule has 0 spiro atoms. The first kappa shape index (κ1) is 21.3. The number of benzene rings is 1. The van der Waals surface area contributed by atoms with E-state index in [4.69, 9.17) is 9.47 Å². The average molecular weight is 388 g/mol. The Hall–Kier alpha value is -1.97. The van der Waals surface area contributed by atoms with E-state index >= 15 is 0 Å². The van der Waals surface area contributed by atoms with E-state index in [-0.39, 0.29) is 5.97 Å². The summed E-state index contributed by atoms with van der Waals surface area (Å²) in [5, 5.41) is 0.975. The van der Waals surface area contributed by atoms with Crippen LogP contribution in [0, 0.1) is 0 Å². The number of methoxy groups -OCH3 is 2. The Balaban J connectivity index is 2.61. The molecule has 6 heteroatoms. The second-order valence-electron chi connectivity index (χ2n) is 7.04. The molecule has 0 N–H and O–H groups in total. The molecule has 1 unspecified atom stereocenters. The zero-order chi connectivity index (χ0) is 20.1. The summed E-state index contributed by atoms with van der Waals surface area (Å²) in [6.07, 6.45) is 1.78. The van der Waals surface area contributed by atoms with Gasteiger partial charge in [-0.25, -0.2) is 9.78 Å². The van der Waals surface area contributed by atoms with E-state index in [1.54, 1.807) is 19.4 Å². The van der Waals surface area contributed by atoms with Gasteiger partial charge in [-0.1, -0.05) is 6.07 Å². The highest BCUT2D eigenvalue weighted by atomic mass is 31.0. The Morgan fingerprint density at radius 1 is 1.11 bits per heavy atom. The number of rotatable bonds is 7. The van der Waals surface area contributed by atoms with Crippen molar-refractivity contribution in [3.8, 4) is 17.0 Å². The highest BCUT2D eigenvalue weighted by Crippen LogP contribution is 2.29. The molecule has 1 aromatic heterocycles. The number of carbonyl (C=O) groups excluding carboxylic acids is 1. The maximum atomic E-state index is 12.1. The van der Waals surface area contributed by atoms with E-state index in [0.29, 0.717) is 23.5 Å². The van der Waals surface area contributed by atoms with Crippen LogP contribution in [-0.4, -0.2) is 42.2 Å². The average Bonchev–Trinajstić information content (AvgIpc) is 2.65. The van der Waals surface area contributed by atoms with E-state index in [1.807, 2.05) is 18.2 Å². The standard InChI is InChI=1S/C21H29N2O3P/c1-13(2)23(14(3)4)12-16-9-15(21(24)26-6)7-8-17(16)18-10-20(25-5)22-11-19(18)27/h7-11,13-14H,12,27H2,1-6H3. The van der Waals surface area contributed by atoms with Crippen LogP contribution < -0.4 is 10.0 Å². The van der Waals surface area contributed by atoms with E-state index in [9.17, 15) is 4.79 Å². The fourth-order valence-electron chi connectivity index (χ4n) is 3.18. The van der Waals surface area contributed by atoms with Crippen molar-refractivity contribution in [3.63, 3.8) is 0 Å². The molecule has 0 radical (unpaired) electrons. The van der Waals surface area contributed by atoms with Crippen LogP contribution in [0.3, 0.4) is 0 Å². The molecule has 5 nitrogen and oxygen atoms in total. The normalized spacial score (nSPS) is 11.3. The molecule has 0 amide bonds. The predicted molar refractivity (Wildman–Crippen MR) is 113 cm³/mol. The zero-order valence-electron chi connectivity index (χ0n) is 16.9. The van der Waals surface area contributed by atoms with Crippen molar-refractivity contribution in [2.45, 2.75) is 46.3 Å². The lowest BCUT2D eigenvalue weighted by molar-refractivity contribution is 0.0600. The predicted octanol–water partition coefficient (Wildman–Crippen LogP) is 3.66. The smallest absolute Gasteiger partial charge is 0.337 e. The van der Waals surface area contributed by atoms with Crippen LogP contribution in [0.2, 0.25) is 0 Å². The lowest BCUT2D eigenvalue weighted by Crippen LogP contribution is -2.36. The van der Waals surface area contributed by atoms with Gasteiger partial charge in [-0.15, -0.1) is 9.24 Å². The maximum absolute atomic E-state index is 12.1. The Morgan fingerprint density at radius 2 is 1.78 bits per heavy atom. The van der Waals surface area contributed by atoms with Gasteiger partial charge in [-0.3, -0.25) is 4.90 Å². The zero-order valence-corrected chi connectivity index (χ0v) is 18.1. The summed E-state index contributed by atoms with van der Waals surface area (Å²) >= 11 is 0. The Labute approximate surface area is 164 Å². The van der Waals surface area contributed by atoms with Gasteiger partial charge in [0.1, 0.15) is 0 Å². The number of carbonyl (C=O) groups is 1. The van der Waals surface area contributed by atoms with Gasteiger partial charge in [0, 0.05) is 30.9 Å². The van der Waals surface area contributed by atoms with E-state index in [2.05, 4.69) is 46.8 Å². The third kappa shape index (κ3) is 5.06. The molecule has 2 rings (SSSR count). The first-order chi connectivity index (χ1) is 12.8. The van der Waals surface area contributed by atoms with Gasteiger partial charge in [0.15, 0.2) is 0 Å². The van der Waals surface area contributed by atoms with Crippen molar-refractivity contribution in [1.29, 1.82) is 0 Å². The first-order valence-corrected chi connectivity index (χ1v) is 9.63. The minimum atomic E-state index is -0.332. The van der Waals surface area contributed by atoms with Crippen LogP contribution in [0.25, 0.3) is 11.1 Å². The summed E-state index contributed by atoms with van der Waals surface area (Å²) in [6.45, 7) is 9.45. The van der Waals surface area contributed by atoms with Gasteiger partial charge in [0.25, 0.3) is 0 Å². The Bertz CT molecular complexity index is 798. The summed E-state index contributed by atoms with van der Waals surface area (Å²) < 4.78 is 10.2. The topological polar surface area (TPSA) is 51.7 Å². The van der Waals surface area contributed by atoms with Gasteiger partial charge in [0.05, 0.1) is 19.8 Å².